The molecule has 1 heterocycles. The number of aliphatic imine (C=N–C) groups is 1. The molecule has 0 radical (unpaired) electrons. The van der Waals surface area contributed by atoms with Gasteiger partial charge in [0, 0.05) is 25.0 Å². The molecule has 1 atom stereocenters. The standard InChI is InChI=1S/C21H31F3N4/c1-3-25-19(26-13-16-8-11-28(2)14-16)27-15-20(9-5-10-20)17-6-4-7-18(12-17)21(22,23)24/h4,6-7,12,16H,3,5,8-11,13-15H2,1-2H3,(H2,25,26,27). The number of likely N-dealkylation sites (tertiary alicyclic amines) is 1. The summed E-state index contributed by atoms with van der Waals surface area (Å²) in [5.41, 5.74) is -0.0989. The molecule has 1 unspecified atom stereocenters. The van der Waals surface area contributed by atoms with Gasteiger partial charge in [-0.2, -0.15) is 13.2 Å². The molecule has 3 rings (SSSR count). The number of hydrogen-bond acceptors (Lipinski definition) is 2. The van der Waals surface area contributed by atoms with Crippen LogP contribution >= 0.6 is 0 Å². The normalized spacial score (nSPS) is 22.8. The van der Waals surface area contributed by atoms with Crippen molar-refractivity contribution in [1.29, 1.82) is 0 Å². The van der Waals surface area contributed by atoms with Gasteiger partial charge in [-0.1, -0.05) is 24.6 Å². The van der Waals surface area contributed by atoms with E-state index in [1.807, 2.05) is 13.0 Å². The summed E-state index contributed by atoms with van der Waals surface area (Å²) in [7, 11) is 2.13. The van der Waals surface area contributed by atoms with Crippen molar-refractivity contribution < 1.29 is 13.2 Å². The van der Waals surface area contributed by atoms with Crippen LogP contribution in [0.3, 0.4) is 0 Å². The molecule has 0 amide bonds. The lowest BCUT2D eigenvalue weighted by atomic mass is 9.64. The largest absolute Gasteiger partial charge is 0.416 e. The van der Waals surface area contributed by atoms with Crippen molar-refractivity contribution >= 4 is 5.96 Å². The van der Waals surface area contributed by atoms with Crippen LogP contribution in [0.25, 0.3) is 0 Å². The zero-order valence-corrected chi connectivity index (χ0v) is 16.8. The van der Waals surface area contributed by atoms with Gasteiger partial charge in [0.25, 0.3) is 0 Å². The van der Waals surface area contributed by atoms with Gasteiger partial charge < -0.3 is 15.5 Å². The minimum absolute atomic E-state index is 0.281. The Morgan fingerprint density at radius 3 is 2.64 bits per heavy atom. The maximum atomic E-state index is 13.1. The first-order chi connectivity index (χ1) is 13.3. The molecule has 28 heavy (non-hydrogen) atoms. The smallest absolute Gasteiger partial charge is 0.357 e. The molecule has 1 aromatic rings. The number of rotatable bonds is 6. The number of nitrogens with one attached hydrogen (secondary N) is 2. The van der Waals surface area contributed by atoms with Crippen molar-refractivity contribution in [3.05, 3.63) is 35.4 Å². The van der Waals surface area contributed by atoms with Crippen molar-refractivity contribution in [2.75, 3.05) is 39.8 Å². The van der Waals surface area contributed by atoms with E-state index in [2.05, 4.69) is 22.6 Å². The molecule has 1 saturated carbocycles. The van der Waals surface area contributed by atoms with E-state index in [0.717, 1.165) is 63.0 Å². The molecule has 1 aliphatic carbocycles. The average Bonchev–Trinajstić information content (AvgIpc) is 3.03. The second-order valence-electron chi connectivity index (χ2n) is 8.21. The molecule has 1 aromatic carbocycles. The Hall–Kier alpha value is -1.76. The van der Waals surface area contributed by atoms with Gasteiger partial charge in [-0.25, -0.2) is 0 Å². The van der Waals surface area contributed by atoms with E-state index >= 15 is 0 Å². The van der Waals surface area contributed by atoms with E-state index in [0.29, 0.717) is 12.5 Å². The number of alkyl halides is 3. The van der Waals surface area contributed by atoms with Gasteiger partial charge in [-0.05, 0) is 57.3 Å². The zero-order valence-electron chi connectivity index (χ0n) is 16.8. The summed E-state index contributed by atoms with van der Waals surface area (Å²) in [4.78, 5) is 7.08. The van der Waals surface area contributed by atoms with Crippen molar-refractivity contribution in [3.8, 4) is 0 Å². The first-order valence-corrected chi connectivity index (χ1v) is 10.2. The molecule has 7 heteroatoms. The molecule has 0 aromatic heterocycles. The molecule has 1 aliphatic heterocycles. The van der Waals surface area contributed by atoms with E-state index in [1.54, 1.807) is 0 Å². The topological polar surface area (TPSA) is 39.7 Å². The molecule has 4 nitrogen and oxygen atoms in total. The van der Waals surface area contributed by atoms with Crippen molar-refractivity contribution in [1.82, 2.24) is 15.5 Å². The summed E-state index contributed by atoms with van der Waals surface area (Å²) < 4.78 is 39.4. The van der Waals surface area contributed by atoms with Crippen LogP contribution in [0, 0.1) is 5.92 Å². The van der Waals surface area contributed by atoms with Gasteiger partial charge in [0.15, 0.2) is 5.96 Å². The minimum Gasteiger partial charge on any atom is -0.357 e. The summed E-state index contributed by atoms with van der Waals surface area (Å²) >= 11 is 0. The highest BCUT2D eigenvalue weighted by atomic mass is 19.4. The Morgan fingerprint density at radius 2 is 2.07 bits per heavy atom. The summed E-state index contributed by atoms with van der Waals surface area (Å²) in [6.45, 7) is 6.36. The van der Waals surface area contributed by atoms with Gasteiger partial charge in [-0.15, -0.1) is 0 Å². The third kappa shape index (κ3) is 4.99. The third-order valence-corrected chi connectivity index (χ3v) is 6.04. The highest BCUT2D eigenvalue weighted by molar-refractivity contribution is 5.79. The second-order valence-corrected chi connectivity index (χ2v) is 8.21. The van der Waals surface area contributed by atoms with Crippen molar-refractivity contribution in [2.24, 2.45) is 10.9 Å². The van der Waals surface area contributed by atoms with Crippen LogP contribution < -0.4 is 10.6 Å². The van der Waals surface area contributed by atoms with Gasteiger partial charge in [-0.3, -0.25) is 4.99 Å². The van der Waals surface area contributed by atoms with Crippen LogP contribution in [-0.4, -0.2) is 50.6 Å². The van der Waals surface area contributed by atoms with Gasteiger partial charge in [0.1, 0.15) is 0 Å². The van der Waals surface area contributed by atoms with Gasteiger partial charge in [0.2, 0.25) is 0 Å². The molecule has 1 saturated heterocycles. The van der Waals surface area contributed by atoms with Crippen LogP contribution in [0.15, 0.2) is 29.3 Å². The van der Waals surface area contributed by atoms with Gasteiger partial charge in [0.05, 0.1) is 12.1 Å². The lowest BCUT2D eigenvalue weighted by Crippen LogP contribution is -2.43. The predicted octanol–water partition coefficient (Wildman–Crippen LogP) is 3.63. The Kier molecular flexibility index (Phi) is 6.53. The third-order valence-electron chi connectivity index (χ3n) is 6.04. The fraction of sp³-hybridized carbons (Fsp3) is 0.667. The summed E-state index contributed by atoms with van der Waals surface area (Å²) in [6, 6.07) is 5.79. The van der Waals surface area contributed by atoms with E-state index in [-0.39, 0.29) is 5.41 Å². The molecule has 2 fully saturated rings. The lowest BCUT2D eigenvalue weighted by molar-refractivity contribution is -0.137. The summed E-state index contributed by atoms with van der Waals surface area (Å²) in [5, 5.41) is 6.69. The van der Waals surface area contributed by atoms with E-state index in [4.69, 9.17) is 4.99 Å². The van der Waals surface area contributed by atoms with Crippen LogP contribution in [0.1, 0.15) is 43.7 Å². The number of benzene rings is 1. The van der Waals surface area contributed by atoms with E-state index < -0.39 is 11.7 Å². The second kappa shape index (κ2) is 8.72. The van der Waals surface area contributed by atoms with Gasteiger partial charge >= 0.3 is 6.18 Å². The maximum absolute atomic E-state index is 13.1. The first kappa shape index (κ1) is 21.0. The van der Waals surface area contributed by atoms with E-state index in [9.17, 15) is 13.2 Å². The maximum Gasteiger partial charge on any atom is 0.416 e. The molecule has 2 aliphatic rings. The Labute approximate surface area is 165 Å². The number of guanidine groups is 1. The van der Waals surface area contributed by atoms with Crippen LogP contribution in [0.2, 0.25) is 0 Å². The lowest BCUT2D eigenvalue weighted by Gasteiger charge is -2.41. The number of hydrogen-bond donors (Lipinski definition) is 2. The number of halogens is 3. The van der Waals surface area contributed by atoms with Crippen molar-refractivity contribution in [2.45, 2.75) is 44.2 Å². The SMILES string of the molecule is CCNC(=NCC1(c2cccc(C(F)(F)F)c2)CCC1)NCC1CCN(C)C1. The predicted molar refractivity (Wildman–Crippen MR) is 107 cm³/mol. The Balaban J connectivity index is 1.69. The highest BCUT2D eigenvalue weighted by Gasteiger charge is 2.40. The monoisotopic (exact) mass is 396 g/mol. The average molecular weight is 397 g/mol. The van der Waals surface area contributed by atoms with Crippen LogP contribution in [0.5, 0.6) is 0 Å². The molecule has 0 bridgehead atoms. The molecule has 2 N–H and O–H groups in total. The van der Waals surface area contributed by atoms with Crippen LogP contribution in [-0.2, 0) is 11.6 Å². The molecular weight excluding hydrogens is 365 g/mol. The fourth-order valence-electron chi connectivity index (χ4n) is 4.17. The Bertz CT molecular complexity index is 682. The zero-order chi connectivity index (χ0) is 20.2. The van der Waals surface area contributed by atoms with Crippen LogP contribution in [0.4, 0.5) is 13.2 Å². The van der Waals surface area contributed by atoms with Crippen molar-refractivity contribution in [3.63, 3.8) is 0 Å². The quantitative estimate of drug-likeness (QED) is 0.570. The number of nitrogens with zero attached hydrogens (tertiary/aromatic N) is 2. The fourth-order valence-corrected chi connectivity index (χ4v) is 4.17. The summed E-state index contributed by atoms with van der Waals surface area (Å²) in [5.74, 6) is 1.37. The van der Waals surface area contributed by atoms with E-state index in [1.165, 1.54) is 18.6 Å². The molecular formula is C21H31F3N4. The highest BCUT2D eigenvalue weighted by Crippen LogP contribution is 2.45. The summed E-state index contributed by atoms with van der Waals surface area (Å²) in [6.07, 6.45) is -0.342. The first-order valence-electron chi connectivity index (χ1n) is 10.2. The molecule has 0 spiro atoms. The molecule has 156 valence electrons. The Morgan fingerprint density at radius 1 is 1.29 bits per heavy atom. The minimum atomic E-state index is -4.31.